The van der Waals surface area contributed by atoms with Gasteiger partial charge in [-0.15, -0.1) is 0 Å². The van der Waals surface area contributed by atoms with Crippen LogP contribution in [0, 0.1) is 0 Å². The Hall–Kier alpha value is -2.41. The maximum atomic E-state index is 11.8. The van der Waals surface area contributed by atoms with Crippen LogP contribution in [0.25, 0.3) is 0 Å². The summed E-state index contributed by atoms with van der Waals surface area (Å²) >= 11 is 0. The molecule has 0 unspecified atom stereocenters. The van der Waals surface area contributed by atoms with Gasteiger partial charge in [-0.25, -0.2) is 9.59 Å². The molecule has 0 radical (unpaired) electrons. The zero-order valence-electron chi connectivity index (χ0n) is 13.7. The Balaban J connectivity index is 1.72. The van der Waals surface area contributed by atoms with E-state index in [2.05, 4.69) is 10.6 Å². The summed E-state index contributed by atoms with van der Waals surface area (Å²) in [6, 6.07) is 6.26. The zero-order chi connectivity index (χ0) is 17.4. The Kier molecular flexibility index (Phi) is 6.74. The molecule has 0 saturated heterocycles. The number of carbonyl (C=O) groups is 3. The van der Waals surface area contributed by atoms with E-state index in [1.165, 1.54) is 0 Å². The van der Waals surface area contributed by atoms with E-state index in [1.54, 1.807) is 31.4 Å². The van der Waals surface area contributed by atoms with Gasteiger partial charge in [-0.2, -0.15) is 0 Å². The average Bonchev–Trinajstić information content (AvgIpc) is 3.06. The number of imide groups is 1. The van der Waals surface area contributed by atoms with Crippen molar-refractivity contribution in [2.24, 2.45) is 0 Å². The highest BCUT2D eigenvalue weighted by atomic mass is 16.5. The molecule has 0 atom stereocenters. The standard InChI is InChI=1S/C17H22N2O5/c1-23-10-12-6-8-13(9-7-12)16(21)24-11-15(20)19-17(22)18-14-4-2-3-5-14/h6-9,14H,2-5,10-11H2,1H3,(H2,18,19,20,22). The van der Waals surface area contributed by atoms with Gasteiger partial charge in [0.05, 0.1) is 12.2 Å². The highest BCUT2D eigenvalue weighted by Crippen LogP contribution is 2.17. The third-order valence-corrected chi connectivity index (χ3v) is 3.78. The summed E-state index contributed by atoms with van der Waals surface area (Å²) < 4.78 is 9.88. The molecule has 2 N–H and O–H groups in total. The molecule has 1 aromatic rings. The van der Waals surface area contributed by atoms with Crippen LogP contribution in [0.5, 0.6) is 0 Å². The van der Waals surface area contributed by atoms with Crippen molar-refractivity contribution in [1.82, 2.24) is 10.6 Å². The fraction of sp³-hybridized carbons (Fsp3) is 0.471. The Morgan fingerprint density at radius 2 is 1.79 bits per heavy atom. The number of hydrogen-bond donors (Lipinski definition) is 2. The van der Waals surface area contributed by atoms with Crippen molar-refractivity contribution in [1.29, 1.82) is 0 Å². The third-order valence-electron chi connectivity index (χ3n) is 3.78. The smallest absolute Gasteiger partial charge is 0.338 e. The number of rotatable bonds is 6. The number of nitrogens with one attached hydrogen (secondary N) is 2. The predicted octanol–water partition coefficient (Wildman–Crippen LogP) is 1.76. The van der Waals surface area contributed by atoms with Crippen LogP contribution in [0.4, 0.5) is 4.79 Å². The van der Waals surface area contributed by atoms with Crippen LogP contribution < -0.4 is 10.6 Å². The Bertz CT molecular complexity index is 579. The van der Waals surface area contributed by atoms with Crippen molar-refractivity contribution in [2.45, 2.75) is 38.3 Å². The summed E-state index contributed by atoms with van der Waals surface area (Å²) in [7, 11) is 1.59. The molecule has 1 aliphatic rings. The Labute approximate surface area is 140 Å². The van der Waals surface area contributed by atoms with Gasteiger partial charge in [-0.1, -0.05) is 25.0 Å². The lowest BCUT2D eigenvalue weighted by atomic mass is 10.1. The molecule has 7 heteroatoms. The highest BCUT2D eigenvalue weighted by molar-refractivity contribution is 5.97. The molecule has 1 fully saturated rings. The van der Waals surface area contributed by atoms with Gasteiger partial charge in [0.25, 0.3) is 5.91 Å². The molecular weight excluding hydrogens is 312 g/mol. The van der Waals surface area contributed by atoms with Crippen molar-refractivity contribution in [2.75, 3.05) is 13.7 Å². The maximum absolute atomic E-state index is 11.8. The maximum Gasteiger partial charge on any atom is 0.338 e. The first-order valence-corrected chi connectivity index (χ1v) is 7.94. The first-order valence-electron chi connectivity index (χ1n) is 7.94. The minimum absolute atomic E-state index is 0.117. The molecule has 1 saturated carbocycles. The molecule has 0 aliphatic heterocycles. The summed E-state index contributed by atoms with van der Waals surface area (Å²) in [4.78, 5) is 35.1. The van der Waals surface area contributed by atoms with E-state index in [-0.39, 0.29) is 6.04 Å². The Morgan fingerprint density at radius 1 is 1.12 bits per heavy atom. The number of ether oxygens (including phenoxy) is 2. The van der Waals surface area contributed by atoms with Crippen LogP contribution in [-0.2, 0) is 20.9 Å². The SMILES string of the molecule is COCc1ccc(C(=O)OCC(=O)NC(=O)NC2CCCC2)cc1. The summed E-state index contributed by atoms with van der Waals surface area (Å²) in [6.45, 7) is -0.0510. The fourth-order valence-electron chi connectivity index (χ4n) is 2.57. The molecule has 1 aliphatic carbocycles. The molecule has 7 nitrogen and oxygen atoms in total. The molecule has 1 aromatic carbocycles. The topological polar surface area (TPSA) is 93.7 Å². The molecule has 0 heterocycles. The lowest BCUT2D eigenvalue weighted by Gasteiger charge is -2.12. The minimum Gasteiger partial charge on any atom is -0.452 e. The normalized spacial score (nSPS) is 14.2. The van der Waals surface area contributed by atoms with Gasteiger partial charge >= 0.3 is 12.0 Å². The van der Waals surface area contributed by atoms with E-state index in [4.69, 9.17) is 9.47 Å². The van der Waals surface area contributed by atoms with E-state index < -0.39 is 24.5 Å². The molecule has 2 rings (SSSR count). The number of carbonyl (C=O) groups excluding carboxylic acids is 3. The molecule has 0 bridgehead atoms. The number of methoxy groups -OCH3 is 1. The van der Waals surface area contributed by atoms with Crippen molar-refractivity contribution in [3.8, 4) is 0 Å². The van der Waals surface area contributed by atoms with Crippen molar-refractivity contribution in [3.05, 3.63) is 35.4 Å². The number of urea groups is 1. The largest absolute Gasteiger partial charge is 0.452 e. The second-order valence-corrected chi connectivity index (χ2v) is 5.71. The van der Waals surface area contributed by atoms with Gasteiger partial charge in [0.2, 0.25) is 0 Å². The monoisotopic (exact) mass is 334 g/mol. The lowest BCUT2D eigenvalue weighted by molar-refractivity contribution is -0.123. The van der Waals surface area contributed by atoms with Gasteiger partial charge in [-0.05, 0) is 30.5 Å². The fourth-order valence-corrected chi connectivity index (χ4v) is 2.57. The zero-order valence-corrected chi connectivity index (χ0v) is 13.7. The molecule has 130 valence electrons. The summed E-state index contributed by atoms with van der Waals surface area (Å²) in [5.41, 5.74) is 1.26. The molecule has 3 amide bonds. The van der Waals surface area contributed by atoms with Gasteiger partial charge in [-0.3, -0.25) is 10.1 Å². The van der Waals surface area contributed by atoms with E-state index >= 15 is 0 Å². The van der Waals surface area contributed by atoms with Crippen molar-refractivity contribution in [3.63, 3.8) is 0 Å². The first kappa shape index (κ1) is 17.9. The second kappa shape index (κ2) is 9.02. The lowest BCUT2D eigenvalue weighted by Crippen LogP contribution is -2.44. The van der Waals surface area contributed by atoms with Crippen LogP contribution in [0.3, 0.4) is 0 Å². The van der Waals surface area contributed by atoms with Crippen LogP contribution in [0.15, 0.2) is 24.3 Å². The molecule has 24 heavy (non-hydrogen) atoms. The summed E-state index contributed by atoms with van der Waals surface area (Å²) in [5, 5.41) is 4.88. The molecule has 0 aromatic heterocycles. The van der Waals surface area contributed by atoms with E-state index in [0.29, 0.717) is 12.2 Å². The van der Waals surface area contributed by atoms with Crippen molar-refractivity contribution < 1.29 is 23.9 Å². The van der Waals surface area contributed by atoms with Crippen molar-refractivity contribution >= 4 is 17.9 Å². The van der Waals surface area contributed by atoms with E-state index in [9.17, 15) is 14.4 Å². The first-order chi connectivity index (χ1) is 11.6. The quantitative estimate of drug-likeness (QED) is 0.773. The summed E-state index contributed by atoms with van der Waals surface area (Å²) in [6.07, 6.45) is 4.02. The number of benzene rings is 1. The predicted molar refractivity (Wildman–Crippen MR) is 86.4 cm³/mol. The average molecular weight is 334 g/mol. The molecule has 0 spiro atoms. The third kappa shape index (κ3) is 5.66. The second-order valence-electron chi connectivity index (χ2n) is 5.71. The summed E-state index contributed by atoms with van der Waals surface area (Å²) in [5.74, 6) is -1.28. The van der Waals surface area contributed by atoms with Gasteiger partial charge < -0.3 is 14.8 Å². The van der Waals surface area contributed by atoms with Crippen LogP contribution in [0.1, 0.15) is 41.6 Å². The van der Waals surface area contributed by atoms with Gasteiger partial charge in [0.15, 0.2) is 6.61 Å². The van der Waals surface area contributed by atoms with E-state index in [1.807, 2.05) is 0 Å². The van der Waals surface area contributed by atoms with Crippen LogP contribution in [0.2, 0.25) is 0 Å². The van der Waals surface area contributed by atoms with E-state index in [0.717, 1.165) is 31.2 Å². The van der Waals surface area contributed by atoms with Gasteiger partial charge in [0.1, 0.15) is 0 Å². The highest BCUT2D eigenvalue weighted by Gasteiger charge is 2.18. The molecular formula is C17H22N2O5. The number of hydrogen-bond acceptors (Lipinski definition) is 5. The van der Waals surface area contributed by atoms with Gasteiger partial charge in [0, 0.05) is 13.2 Å². The van der Waals surface area contributed by atoms with Crippen LogP contribution >= 0.6 is 0 Å². The van der Waals surface area contributed by atoms with Crippen LogP contribution in [-0.4, -0.2) is 37.7 Å². The minimum atomic E-state index is -0.658. The Morgan fingerprint density at radius 3 is 2.42 bits per heavy atom. The number of amides is 3. The number of esters is 1.